The number of ether oxygens (including phenoxy) is 1. The van der Waals surface area contributed by atoms with E-state index in [1.165, 1.54) is 32.1 Å². The lowest BCUT2D eigenvalue weighted by Gasteiger charge is -2.26. The topological polar surface area (TPSA) is 293 Å². The Morgan fingerprint density at radius 1 is 0.343 bits per heavy atom. The minimum absolute atomic E-state index is 0.0811. The number of nitrogens with zero attached hydrogens (tertiary/aromatic N) is 23. The maximum atomic E-state index is 12.9. The second-order valence-corrected chi connectivity index (χ2v) is 36.0. The molecule has 0 aliphatic carbocycles. The molecular formula is C107H108N24O6. The number of aryl methyl sites for hydroxylation is 1. The summed E-state index contributed by atoms with van der Waals surface area (Å²) in [6.45, 7) is 11.2. The molecule has 16 aromatic heterocycles. The van der Waals surface area contributed by atoms with Crippen LogP contribution in [0.5, 0.6) is 5.75 Å². The first-order chi connectivity index (χ1) is 67.1. The molecule has 0 spiro atoms. The average Bonchev–Trinajstić information content (AvgIpc) is 1.64. The van der Waals surface area contributed by atoms with Gasteiger partial charge in [-0.1, -0.05) is 12.1 Å². The molecule has 5 fully saturated rings. The molecule has 0 bridgehead atoms. The Bertz CT molecular complexity index is 7410. The van der Waals surface area contributed by atoms with Crippen molar-refractivity contribution in [3.8, 4) is 34.2 Å². The molecule has 0 radical (unpaired) electrons. The molecule has 0 saturated carbocycles. The summed E-state index contributed by atoms with van der Waals surface area (Å²) in [4.78, 5) is 111. The molecule has 5 amide bonds. The van der Waals surface area contributed by atoms with Gasteiger partial charge in [0.25, 0.3) is 29.5 Å². The Morgan fingerprint density at radius 3 is 1.15 bits per heavy atom. The van der Waals surface area contributed by atoms with Crippen molar-refractivity contribution in [2.45, 2.75) is 110 Å². The summed E-state index contributed by atoms with van der Waals surface area (Å²) < 4.78 is 19.4. The minimum Gasteiger partial charge on any atom is -0.497 e. The zero-order valence-corrected chi connectivity index (χ0v) is 77.4. The van der Waals surface area contributed by atoms with Crippen LogP contribution in [0.1, 0.15) is 159 Å². The summed E-state index contributed by atoms with van der Waals surface area (Å²) in [5.74, 6) is 2.19. The van der Waals surface area contributed by atoms with Gasteiger partial charge in [-0.15, -0.1) is 0 Å². The number of hydrogen-bond donors (Lipinski definition) is 1. The number of piperidine rings is 5. The van der Waals surface area contributed by atoms with E-state index in [-0.39, 0.29) is 29.5 Å². The van der Waals surface area contributed by atoms with Crippen LogP contribution in [0, 0.1) is 6.92 Å². The highest BCUT2D eigenvalue weighted by Crippen LogP contribution is 2.32. The smallest absolute Gasteiger partial charge is 0.255 e. The predicted octanol–water partition coefficient (Wildman–Crippen LogP) is 18.4. The van der Waals surface area contributed by atoms with Crippen molar-refractivity contribution in [1.82, 2.24) is 112 Å². The number of carbonyl (C=O) groups is 5. The van der Waals surface area contributed by atoms with Gasteiger partial charge in [0.2, 0.25) is 0 Å². The van der Waals surface area contributed by atoms with Crippen molar-refractivity contribution in [3.05, 3.63) is 302 Å². The van der Waals surface area contributed by atoms with Crippen molar-refractivity contribution in [2.24, 2.45) is 0 Å². The largest absolute Gasteiger partial charge is 0.497 e. The normalized spacial score (nSPS) is 14.7. The third kappa shape index (κ3) is 19.3. The van der Waals surface area contributed by atoms with E-state index in [0.29, 0.717) is 34.4 Å². The van der Waals surface area contributed by atoms with E-state index in [2.05, 4.69) is 102 Å². The predicted molar refractivity (Wildman–Crippen MR) is 533 cm³/mol. The monoisotopic (exact) mass is 1820 g/mol. The summed E-state index contributed by atoms with van der Waals surface area (Å²) in [5.41, 5.74) is 17.7. The van der Waals surface area contributed by atoms with E-state index in [1.807, 2.05) is 261 Å². The van der Waals surface area contributed by atoms with Crippen LogP contribution in [0.25, 0.3) is 111 Å². The summed E-state index contributed by atoms with van der Waals surface area (Å²) in [6, 6.07) is 50.4. The molecule has 692 valence electrons. The fourth-order valence-electron chi connectivity index (χ4n) is 19.0. The van der Waals surface area contributed by atoms with Crippen LogP contribution in [0.2, 0.25) is 0 Å². The number of methoxy groups -OCH3 is 1. The molecular weight excluding hydrogens is 1720 g/mol. The van der Waals surface area contributed by atoms with Gasteiger partial charge in [-0.25, -0.2) is 34.9 Å². The lowest BCUT2D eigenvalue weighted by Crippen LogP contribution is -2.35. The number of aromatic nitrogens is 18. The van der Waals surface area contributed by atoms with Crippen LogP contribution in [-0.4, -0.2) is 228 Å². The van der Waals surface area contributed by atoms with Gasteiger partial charge in [0, 0.05) is 221 Å². The highest BCUT2D eigenvalue weighted by molar-refractivity contribution is 6.01. The van der Waals surface area contributed by atoms with Crippen molar-refractivity contribution >= 4 is 118 Å². The van der Waals surface area contributed by atoms with Gasteiger partial charge >= 0.3 is 0 Å². The number of aromatic amines is 1. The van der Waals surface area contributed by atoms with Crippen LogP contribution >= 0.6 is 0 Å². The molecule has 19 aromatic rings. The highest BCUT2D eigenvalue weighted by Gasteiger charge is 2.27. The summed E-state index contributed by atoms with van der Waals surface area (Å²) >= 11 is 0. The number of carbonyl (C=O) groups excluding carboxylic acids is 5. The molecule has 3 aromatic carbocycles. The molecule has 5 aliphatic heterocycles. The maximum absolute atomic E-state index is 12.9. The van der Waals surface area contributed by atoms with Crippen LogP contribution in [0.3, 0.4) is 0 Å². The molecule has 0 atom stereocenters. The fraction of sp³-hybridized carbons (Fsp3) is 0.280. The van der Waals surface area contributed by atoms with Crippen LogP contribution < -0.4 is 9.64 Å². The van der Waals surface area contributed by atoms with Gasteiger partial charge in [-0.2, -0.15) is 10.2 Å². The van der Waals surface area contributed by atoms with Crippen LogP contribution in [0.15, 0.2) is 263 Å². The molecule has 137 heavy (non-hydrogen) atoms. The number of imidazole rings is 1. The van der Waals surface area contributed by atoms with E-state index < -0.39 is 0 Å². The van der Waals surface area contributed by atoms with Gasteiger partial charge in [0.05, 0.1) is 94.4 Å². The van der Waals surface area contributed by atoms with Gasteiger partial charge in [0.1, 0.15) is 45.5 Å². The van der Waals surface area contributed by atoms with E-state index in [1.54, 1.807) is 44.3 Å². The van der Waals surface area contributed by atoms with Gasteiger partial charge in [-0.05, 0) is 248 Å². The molecule has 30 heteroatoms. The molecule has 30 nitrogen and oxygen atoms in total. The van der Waals surface area contributed by atoms with Crippen molar-refractivity contribution in [2.75, 3.05) is 91.6 Å². The first-order valence-corrected chi connectivity index (χ1v) is 47.5. The van der Waals surface area contributed by atoms with Gasteiger partial charge in [0.15, 0.2) is 0 Å². The first kappa shape index (κ1) is 88.9. The lowest BCUT2D eigenvalue weighted by molar-refractivity contribution is 0.0716. The van der Waals surface area contributed by atoms with Gasteiger partial charge < -0.3 is 52.2 Å². The zero-order chi connectivity index (χ0) is 93.4. The number of rotatable bonds is 14. The van der Waals surface area contributed by atoms with Crippen molar-refractivity contribution in [3.63, 3.8) is 0 Å². The van der Waals surface area contributed by atoms with E-state index in [4.69, 9.17) is 4.74 Å². The Balaban J connectivity index is 0.000000106. The summed E-state index contributed by atoms with van der Waals surface area (Å²) in [7, 11) is 5.61. The number of likely N-dealkylation sites (tertiary alicyclic amines) is 5. The van der Waals surface area contributed by atoms with Crippen LogP contribution in [-0.2, 0) is 6.54 Å². The number of nitrogens with one attached hydrogen (secondary N) is 1. The van der Waals surface area contributed by atoms with Crippen molar-refractivity contribution in [1.29, 1.82) is 0 Å². The number of H-pyrrole nitrogens is 1. The second-order valence-electron chi connectivity index (χ2n) is 36.0. The molecule has 5 aliphatic rings. The van der Waals surface area contributed by atoms with Crippen LogP contribution in [0.4, 0.5) is 5.82 Å². The molecule has 0 unspecified atom stereocenters. The van der Waals surface area contributed by atoms with E-state index >= 15 is 0 Å². The number of amides is 5. The number of benzene rings is 3. The molecule has 1 N–H and O–H groups in total. The number of fused-ring (bicyclic) bond motifs is 8. The number of anilines is 1. The highest BCUT2D eigenvalue weighted by atomic mass is 16.5. The van der Waals surface area contributed by atoms with E-state index in [9.17, 15) is 24.0 Å². The number of hydrogen-bond acceptors (Lipinski definition) is 17. The first-order valence-electron chi connectivity index (χ1n) is 47.5. The average molecular weight is 1830 g/mol. The minimum atomic E-state index is 0.0811. The summed E-state index contributed by atoms with van der Waals surface area (Å²) in [5, 5.41) is 18.6. The Kier molecular flexibility index (Phi) is 26.0. The maximum Gasteiger partial charge on any atom is 0.255 e. The molecule has 21 heterocycles. The molecule has 5 saturated heterocycles. The Hall–Kier alpha value is -16.0. The zero-order valence-electron chi connectivity index (χ0n) is 77.4. The Morgan fingerprint density at radius 2 is 0.745 bits per heavy atom. The second kappa shape index (κ2) is 40.0. The summed E-state index contributed by atoms with van der Waals surface area (Å²) in [6.07, 6.45) is 50.3. The molecule has 24 rings (SSSR count). The van der Waals surface area contributed by atoms with Gasteiger partial charge in [-0.3, -0.25) is 47.9 Å². The third-order valence-electron chi connectivity index (χ3n) is 26.4. The van der Waals surface area contributed by atoms with E-state index in [0.717, 1.165) is 263 Å². The number of pyridine rings is 8. The fourth-order valence-corrected chi connectivity index (χ4v) is 19.0. The quantitative estimate of drug-likeness (QED) is 0.106. The Labute approximate surface area is 791 Å². The van der Waals surface area contributed by atoms with Crippen molar-refractivity contribution < 1.29 is 28.7 Å². The third-order valence-corrected chi connectivity index (χ3v) is 26.4. The lowest BCUT2D eigenvalue weighted by atomic mass is 10.1. The SMILES string of the molecule is CN(C)c1ccc(-n2ccc3cc(C(=O)N4CCCCC4)cnc32)cn1.COc1ccc(Cn2ncc3cc(-n4ccc5cc(C(=O)N6CCCCC6)cnc54)ccc32)cc1.Cc1cncc(-n2ccc3cc(C(=O)N4CCCCC4)cnc32)c1.O=C(c1cnc2c(ccn2-c2ccc3[nH]ncc3c2)c1)N1CCCCC1.O=C(c1cnc2c(ccn2-c2ccn3ccnc3c2)c1)N1CCCCC1. The standard InChI is InChI=1S/C28H27N5O2.2C20H19N5O.C20H23N5O.C19H20N4O/c1-35-25-8-5-20(6-9-25)19-33-26-10-7-24(16-22(26)18-30-33)32-14-11-21-15-23(17-29-27(21)32)28(34)31-12-3-2-4-13-31;26-20(24-7-2-1-3-8-24)16-12-15-4-10-25(19(15)22-14-16)17-5-9-23-11-6-21-18(23)13-17;26-20(24-7-2-1-3-8-24)16-10-14-6-9-25(19(14)21-12-16)17-4-5-18-15(11-17)13-22-23-18;1-23(2)18-7-6-17(14-21-18)25-11-8-15-12-16(13-22-19(15)25)20(26)24-9-4-3-5-10-24;1-14-9-17(13-20-11-14)23-8-5-15-10-16(12-21-18(15)23)19(24)22-6-3-2-4-7-22/h5-11,14-18H,2-4,12-13,19H2,1H3;4-6,9-14H,1-3,7-8H2;4-6,9-13H,1-3,7-8H2,(H,22,23);6-8,11-14H,3-5,9-10H2,1-2H3;5,8-13H,2-4,6-7H2,1H3.